The first-order valence-corrected chi connectivity index (χ1v) is 10.2. The average Bonchev–Trinajstić information content (AvgIpc) is 3.31. The topological polar surface area (TPSA) is 58.1 Å². The van der Waals surface area contributed by atoms with Gasteiger partial charge in [-0.3, -0.25) is 9.89 Å². The molecule has 0 spiro atoms. The molecule has 6 nitrogen and oxygen atoms in total. The van der Waals surface area contributed by atoms with Gasteiger partial charge in [0, 0.05) is 45.4 Å². The molecule has 2 aliphatic rings. The van der Waals surface area contributed by atoms with Gasteiger partial charge in [-0.2, -0.15) is 0 Å². The maximum absolute atomic E-state index is 5.70. The van der Waals surface area contributed by atoms with E-state index in [2.05, 4.69) is 57.8 Å². The molecule has 2 heterocycles. The lowest BCUT2D eigenvalue weighted by molar-refractivity contribution is 0.0191. The quantitative estimate of drug-likeness (QED) is 0.248. The van der Waals surface area contributed by atoms with Crippen LogP contribution in [0.3, 0.4) is 0 Å². The Morgan fingerprint density at radius 2 is 2.14 bits per heavy atom. The summed E-state index contributed by atoms with van der Waals surface area (Å²) in [4.78, 5) is 6.89. The lowest BCUT2D eigenvalue weighted by atomic mass is 10.2. The largest absolute Gasteiger partial charge is 0.377 e. The molecule has 2 aliphatic heterocycles. The van der Waals surface area contributed by atoms with Crippen LogP contribution in [0.15, 0.2) is 35.3 Å². The molecular formula is C21H35IN4O2. The van der Waals surface area contributed by atoms with Gasteiger partial charge in [-0.15, -0.1) is 24.0 Å². The van der Waals surface area contributed by atoms with Gasteiger partial charge >= 0.3 is 0 Å². The summed E-state index contributed by atoms with van der Waals surface area (Å²) in [6.45, 7) is 7.34. The Hall–Kier alpha value is -0.900. The smallest absolute Gasteiger partial charge is 0.191 e. The maximum Gasteiger partial charge on any atom is 0.191 e. The van der Waals surface area contributed by atoms with E-state index < -0.39 is 0 Å². The van der Waals surface area contributed by atoms with E-state index >= 15 is 0 Å². The third-order valence-electron chi connectivity index (χ3n) is 5.36. The van der Waals surface area contributed by atoms with E-state index in [0.717, 1.165) is 51.5 Å². The van der Waals surface area contributed by atoms with E-state index in [-0.39, 0.29) is 30.1 Å². The molecule has 158 valence electrons. The maximum atomic E-state index is 5.70. The molecule has 2 fully saturated rings. The molecule has 0 aromatic heterocycles. The Balaban J connectivity index is 0.00000280. The molecule has 3 rings (SSSR count). The van der Waals surface area contributed by atoms with Crippen molar-refractivity contribution in [2.24, 2.45) is 4.99 Å². The van der Waals surface area contributed by atoms with Gasteiger partial charge in [-0.25, -0.2) is 0 Å². The van der Waals surface area contributed by atoms with Gasteiger partial charge in [-0.1, -0.05) is 30.3 Å². The van der Waals surface area contributed by atoms with Gasteiger partial charge in [0.05, 0.1) is 19.3 Å². The third-order valence-corrected chi connectivity index (χ3v) is 5.36. The first-order chi connectivity index (χ1) is 13.2. The van der Waals surface area contributed by atoms with Gasteiger partial charge < -0.3 is 20.1 Å². The second-order valence-corrected chi connectivity index (χ2v) is 7.55. The SMILES string of the molecule is CN=C(NCCOCC1CCCO1)NC1CC(C)N(Cc2ccccc2)C1.I. The van der Waals surface area contributed by atoms with Crippen LogP contribution >= 0.6 is 24.0 Å². The Bertz CT molecular complexity index is 581. The zero-order valence-corrected chi connectivity index (χ0v) is 19.4. The Morgan fingerprint density at radius 1 is 1.32 bits per heavy atom. The third kappa shape index (κ3) is 7.50. The Morgan fingerprint density at radius 3 is 2.86 bits per heavy atom. The molecule has 1 aromatic rings. The molecule has 2 saturated heterocycles. The van der Waals surface area contributed by atoms with Crippen molar-refractivity contribution in [1.29, 1.82) is 0 Å². The highest BCUT2D eigenvalue weighted by molar-refractivity contribution is 14.0. The number of rotatable bonds is 8. The van der Waals surface area contributed by atoms with E-state index in [1.54, 1.807) is 0 Å². The summed E-state index contributed by atoms with van der Waals surface area (Å²) in [5.74, 6) is 0.856. The minimum Gasteiger partial charge on any atom is -0.377 e. The van der Waals surface area contributed by atoms with Crippen LogP contribution in [0.4, 0.5) is 0 Å². The van der Waals surface area contributed by atoms with Crippen LogP contribution in [0.5, 0.6) is 0 Å². The van der Waals surface area contributed by atoms with Crippen LogP contribution in [0.25, 0.3) is 0 Å². The van der Waals surface area contributed by atoms with E-state index in [9.17, 15) is 0 Å². The molecule has 2 N–H and O–H groups in total. The summed E-state index contributed by atoms with van der Waals surface area (Å²) < 4.78 is 11.3. The van der Waals surface area contributed by atoms with Gasteiger partial charge in [0.25, 0.3) is 0 Å². The molecule has 3 atom stereocenters. The van der Waals surface area contributed by atoms with E-state index in [1.165, 1.54) is 5.56 Å². The number of nitrogens with zero attached hydrogens (tertiary/aromatic N) is 2. The van der Waals surface area contributed by atoms with E-state index in [4.69, 9.17) is 9.47 Å². The zero-order chi connectivity index (χ0) is 18.9. The molecule has 7 heteroatoms. The van der Waals surface area contributed by atoms with Gasteiger partial charge in [0.15, 0.2) is 5.96 Å². The lowest BCUT2D eigenvalue weighted by Gasteiger charge is -2.21. The van der Waals surface area contributed by atoms with Crippen LogP contribution in [0, 0.1) is 0 Å². The minimum atomic E-state index is 0. The van der Waals surface area contributed by atoms with Crippen molar-refractivity contribution in [3.63, 3.8) is 0 Å². The summed E-state index contributed by atoms with van der Waals surface area (Å²) in [5, 5.41) is 6.92. The second kappa shape index (κ2) is 12.6. The normalized spacial score (nSPS) is 25.5. The number of benzene rings is 1. The van der Waals surface area contributed by atoms with E-state index in [1.807, 2.05) is 7.05 Å². The highest BCUT2D eigenvalue weighted by Crippen LogP contribution is 2.20. The van der Waals surface area contributed by atoms with Crippen molar-refractivity contribution in [3.05, 3.63) is 35.9 Å². The highest BCUT2D eigenvalue weighted by Gasteiger charge is 2.29. The number of hydrogen-bond acceptors (Lipinski definition) is 4. The summed E-state index contributed by atoms with van der Waals surface area (Å²) in [5.41, 5.74) is 1.37. The number of guanidine groups is 1. The van der Waals surface area contributed by atoms with Crippen LogP contribution in [-0.2, 0) is 16.0 Å². The number of halogens is 1. The summed E-state index contributed by atoms with van der Waals surface area (Å²) in [6.07, 6.45) is 3.70. The Kier molecular flexibility index (Phi) is 10.5. The predicted molar refractivity (Wildman–Crippen MR) is 124 cm³/mol. The van der Waals surface area contributed by atoms with Gasteiger partial charge in [0.1, 0.15) is 0 Å². The lowest BCUT2D eigenvalue weighted by Crippen LogP contribution is -2.45. The van der Waals surface area contributed by atoms with Crippen molar-refractivity contribution < 1.29 is 9.47 Å². The summed E-state index contributed by atoms with van der Waals surface area (Å²) >= 11 is 0. The number of likely N-dealkylation sites (tertiary alicyclic amines) is 1. The number of nitrogens with one attached hydrogen (secondary N) is 2. The fourth-order valence-corrected chi connectivity index (χ4v) is 3.86. The Labute approximate surface area is 186 Å². The summed E-state index contributed by atoms with van der Waals surface area (Å²) in [6, 6.07) is 11.7. The van der Waals surface area contributed by atoms with Crippen LogP contribution in [0.2, 0.25) is 0 Å². The van der Waals surface area contributed by atoms with Crippen LogP contribution in [-0.4, -0.2) is 69.0 Å². The average molecular weight is 502 g/mol. The van der Waals surface area contributed by atoms with Crippen molar-refractivity contribution >= 4 is 29.9 Å². The molecule has 1 aromatic carbocycles. The van der Waals surface area contributed by atoms with Gasteiger partial charge in [-0.05, 0) is 31.7 Å². The van der Waals surface area contributed by atoms with Crippen molar-refractivity contribution in [1.82, 2.24) is 15.5 Å². The molecular weight excluding hydrogens is 467 g/mol. The standard InChI is InChI=1S/C21H34N4O2.HI/c1-17-13-19(15-25(17)14-18-7-4-3-5-8-18)24-21(22-2)23-10-12-26-16-20-9-6-11-27-20;/h3-5,7-8,17,19-20H,6,9-16H2,1-2H3,(H2,22,23,24);1H. The molecule has 0 bridgehead atoms. The van der Waals surface area contributed by atoms with E-state index in [0.29, 0.717) is 25.3 Å². The molecule has 0 aliphatic carbocycles. The fourth-order valence-electron chi connectivity index (χ4n) is 3.86. The molecule has 28 heavy (non-hydrogen) atoms. The minimum absolute atomic E-state index is 0. The second-order valence-electron chi connectivity index (χ2n) is 7.55. The molecule has 0 saturated carbocycles. The van der Waals surface area contributed by atoms with Gasteiger partial charge in [0.2, 0.25) is 0 Å². The number of ether oxygens (including phenoxy) is 2. The monoisotopic (exact) mass is 502 g/mol. The number of hydrogen-bond donors (Lipinski definition) is 2. The van der Waals surface area contributed by atoms with Crippen molar-refractivity contribution in [3.8, 4) is 0 Å². The predicted octanol–water partition coefficient (Wildman–Crippen LogP) is 2.63. The molecule has 0 radical (unpaired) electrons. The first kappa shape index (κ1) is 23.4. The summed E-state index contributed by atoms with van der Waals surface area (Å²) in [7, 11) is 1.82. The van der Waals surface area contributed by atoms with Crippen molar-refractivity contribution in [2.75, 3.05) is 40.0 Å². The fraction of sp³-hybridized carbons (Fsp3) is 0.667. The van der Waals surface area contributed by atoms with Crippen LogP contribution in [0.1, 0.15) is 31.7 Å². The van der Waals surface area contributed by atoms with Crippen molar-refractivity contribution in [2.45, 2.75) is 50.9 Å². The molecule has 3 unspecified atom stereocenters. The molecule has 0 amide bonds. The highest BCUT2D eigenvalue weighted by atomic mass is 127. The number of aliphatic imine (C=N–C) groups is 1. The zero-order valence-electron chi connectivity index (χ0n) is 17.1. The first-order valence-electron chi connectivity index (χ1n) is 10.2. The van der Waals surface area contributed by atoms with Crippen LogP contribution < -0.4 is 10.6 Å².